The van der Waals surface area contributed by atoms with Crippen molar-refractivity contribution >= 4 is 33.4 Å². The molecule has 0 heterocycles. The number of nitrogens with zero attached hydrogens (tertiary/aromatic N) is 1. The van der Waals surface area contributed by atoms with Gasteiger partial charge in [-0.05, 0) is 68.4 Å². The van der Waals surface area contributed by atoms with Crippen molar-refractivity contribution in [2.45, 2.75) is 62.8 Å². The highest BCUT2D eigenvalue weighted by atomic mass is 79.9. The fraction of sp³-hybridized carbons (Fsp3) is 0.400. The van der Waals surface area contributed by atoms with Crippen LogP contribution >= 0.6 is 15.9 Å². The minimum absolute atomic E-state index is 0.140. The van der Waals surface area contributed by atoms with E-state index in [-0.39, 0.29) is 11.3 Å². The highest BCUT2D eigenvalue weighted by molar-refractivity contribution is 9.10. The standard InChI is InChI=1S/C35H33BrF3NO3/c36-28-13-11-25(12-14-28)30(41)18-29(35(37,38)39)32(33(42)43-34-19-22-15-23(20-34)17-24(16-22)21-34)40-31(26-7-3-1-4-8-26)27-9-5-2-6-10-27/h1-14,22-24,29,32H,15-21H2/t22?,23?,24?,29-,32-,34?/m1/s1. The van der Waals surface area contributed by atoms with Crippen molar-refractivity contribution in [2.75, 3.05) is 0 Å². The molecule has 0 amide bonds. The minimum atomic E-state index is -4.89. The molecule has 0 radical (unpaired) electrons. The summed E-state index contributed by atoms with van der Waals surface area (Å²) >= 11 is 3.30. The largest absolute Gasteiger partial charge is 0.457 e. The third kappa shape index (κ3) is 6.64. The molecule has 0 spiro atoms. The SMILES string of the molecule is O=C(C[C@H]([C@@H](N=C(c1ccccc1)c1ccccc1)C(=O)OC12CC3CC(CC(C3)C1)C2)C(F)(F)F)c1ccc(Br)cc1. The number of hydrogen-bond acceptors (Lipinski definition) is 4. The van der Waals surface area contributed by atoms with Gasteiger partial charge in [0.25, 0.3) is 0 Å². The van der Waals surface area contributed by atoms with E-state index in [2.05, 4.69) is 20.9 Å². The maximum absolute atomic E-state index is 15.0. The predicted octanol–water partition coefficient (Wildman–Crippen LogP) is 8.62. The maximum Gasteiger partial charge on any atom is 0.394 e. The first kappa shape index (κ1) is 29.8. The normalized spacial score (nSPS) is 25.5. The van der Waals surface area contributed by atoms with Crippen LogP contribution in [0.3, 0.4) is 0 Å². The van der Waals surface area contributed by atoms with Gasteiger partial charge in [-0.2, -0.15) is 13.2 Å². The maximum atomic E-state index is 15.0. The van der Waals surface area contributed by atoms with Crippen molar-refractivity contribution in [1.29, 1.82) is 0 Å². The van der Waals surface area contributed by atoms with Crippen LogP contribution in [-0.4, -0.2) is 35.3 Å². The zero-order valence-corrected chi connectivity index (χ0v) is 25.2. The third-order valence-corrected chi connectivity index (χ3v) is 9.81. The van der Waals surface area contributed by atoms with Gasteiger partial charge in [-0.15, -0.1) is 0 Å². The molecule has 4 fully saturated rings. The van der Waals surface area contributed by atoms with Gasteiger partial charge in [0.05, 0.1) is 11.6 Å². The molecule has 8 heteroatoms. The Hall–Kier alpha value is -3.26. The Bertz CT molecular complexity index is 1410. The number of rotatable bonds is 9. The van der Waals surface area contributed by atoms with Crippen LogP contribution in [0.15, 0.2) is 94.4 Å². The van der Waals surface area contributed by atoms with Crippen molar-refractivity contribution in [1.82, 2.24) is 0 Å². The highest BCUT2D eigenvalue weighted by Crippen LogP contribution is 2.57. The number of carbonyl (C=O) groups excluding carboxylic acids is 2. The summed E-state index contributed by atoms with van der Waals surface area (Å²) in [4.78, 5) is 32.0. The number of benzene rings is 3. The lowest BCUT2D eigenvalue weighted by Gasteiger charge is -2.55. The lowest BCUT2D eigenvalue weighted by Crippen LogP contribution is -2.54. The second-order valence-corrected chi connectivity index (χ2v) is 13.4. The lowest BCUT2D eigenvalue weighted by molar-refractivity contribution is -0.205. The number of hydrogen-bond donors (Lipinski definition) is 0. The summed E-state index contributed by atoms with van der Waals surface area (Å²) in [6.45, 7) is 0. The Morgan fingerprint density at radius 1 is 0.791 bits per heavy atom. The summed E-state index contributed by atoms with van der Waals surface area (Å²) in [5.41, 5.74) is 0.772. The van der Waals surface area contributed by atoms with Crippen molar-refractivity contribution in [3.63, 3.8) is 0 Å². The molecule has 0 aromatic heterocycles. The van der Waals surface area contributed by atoms with Gasteiger partial charge in [-0.3, -0.25) is 9.79 Å². The zero-order valence-electron chi connectivity index (χ0n) is 23.6. The molecule has 4 aliphatic rings. The molecule has 0 unspecified atom stereocenters. The van der Waals surface area contributed by atoms with Crippen molar-refractivity contribution in [3.05, 3.63) is 106 Å². The Balaban J connectivity index is 1.42. The Morgan fingerprint density at radius 2 is 1.28 bits per heavy atom. The number of Topliss-reactive ketones (excluding diaryl/α,β-unsaturated/α-hetero) is 1. The number of esters is 1. The molecule has 0 saturated heterocycles. The van der Waals surface area contributed by atoms with Crippen molar-refractivity contribution in [3.8, 4) is 0 Å². The smallest absolute Gasteiger partial charge is 0.394 e. The summed E-state index contributed by atoms with van der Waals surface area (Å²) in [7, 11) is 0. The molecule has 3 aromatic carbocycles. The van der Waals surface area contributed by atoms with E-state index < -0.39 is 41.9 Å². The van der Waals surface area contributed by atoms with Crippen LogP contribution in [0.1, 0.15) is 66.4 Å². The molecule has 4 bridgehead atoms. The van der Waals surface area contributed by atoms with Gasteiger partial charge in [-0.1, -0.05) is 88.7 Å². The highest BCUT2D eigenvalue weighted by Gasteiger charge is 2.56. The zero-order chi connectivity index (χ0) is 30.2. The van der Waals surface area contributed by atoms with Gasteiger partial charge in [0.1, 0.15) is 5.60 Å². The van der Waals surface area contributed by atoms with E-state index in [1.165, 1.54) is 12.1 Å². The summed E-state index contributed by atoms with van der Waals surface area (Å²) in [5.74, 6) is -2.78. The average molecular weight is 653 g/mol. The Morgan fingerprint density at radius 3 is 1.74 bits per heavy atom. The molecule has 0 aliphatic heterocycles. The first-order valence-corrected chi connectivity index (χ1v) is 15.6. The molecule has 2 atom stereocenters. The molecule has 4 aliphatic carbocycles. The summed E-state index contributed by atoms with van der Waals surface area (Å²) < 4.78 is 51.9. The number of aliphatic imine (C=N–C) groups is 1. The van der Waals surface area contributed by atoms with Gasteiger partial charge in [0.2, 0.25) is 0 Å². The predicted molar refractivity (Wildman–Crippen MR) is 162 cm³/mol. The van der Waals surface area contributed by atoms with Crippen molar-refractivity contribution < 1.29 is 27.5 Å². The second-order valence-electron chi connectivity index (χ2n) is 12.5. The van der Waals surface area contributed by atoms with E-state index in [1.807, 2.05) is 0 Å². The summed E-state index contributed by atoms with van der Waals surface area (Å²) in [6.07, 6.45) is -0.490. The van der Waals surface area contributed by atoms with Crippen LogP contribution in [0.2, 0.25) is 0 Å². The molecular weight excluding hydrogens is 619 g/mol. The van der Waals surface area contributed by atoms with E-state index >= 15 is 0 Å². The molecular formula is C35H33BrF3NO3. The fourth-order valence-electron chi connectivity index (χ4n) is 7.74. The topological polar surface area (TPSA) is 55.7 Å². The molecule has 4 saturated carbocycles. The number of alkyl halides is 3. The molecule has 3 aromatic rings. The number of halogens is 4. The monoisotopic (exact) mass is 651 g/mol. The minimum Gasteiger partial charge on any atom is -0.457 e. The molecule has 4 nitrogen and oxygen atoms in total. The van der Waals surface area contributed by atoms with Gasteiger partial charge in [0.15, 0.2) is 11.8 Å². The van der Waals surface area contributed by atoms with Gasteiger partial charge < -0.3 is 4.74 Å². The van der Waals surface area contributed by atoms with Crippen LogP contribution in [0, 0.1) is 23.7 Å². The van der Waals surface area contributed by atoms with Crippen LogP contribution in [0.5, 0.6) is 0 Å². The Kier molecular flexibility index (Phi) is 8.33. The lowest BCUT2D eigenvalue weighted by atomic mass is 9.54. The fourth-order valence-corrected chi connectivity index (χ4v) is 8.01. The molecule has 0 N–H and O–H groups in total. The van der Waals surface area contributed by atoms with E-state index in [0.717, 1.165) is 19.3 Å². The van der Waals surface area contributed by atoms with E-state index in [9.17, 15) is 22.8 Å². The van der Waals surface area contributed by atoms with Gasteiger partial charge >= 0.3 is 12.1 Å². The first-order chi connectivity index (χ1) is 20.6. The summed E-state index contributed by atoms with van der Waals surface area (Å²) in [6, 6.07) is 21.9. The van der Waals surface area contributed by atoms with E-state index in [4.69, 9.17) is 4.74 Å². The van der Waals surface area contributed by atoms with Crippen LogP contribution < -0.4 is 0 Å². The van der Waals surface area contributed by atoms with Crippen molar-refractivity contribution in [2.24, 2.45) is 28.7 Å². The number of ketones is 1. The third-order valence-electron chi connectivity index (χ3n) is 9.28. The summed E-state index contributed by atoms with van der Waals surface area (Å²) in [5, 5.41) is 0. The van der Waals surface area contributed by atoms with E-state index in [1.54, 1.807) is 72.8 Å². The van der Waals surface area contributed by atoms with Crippen LogP contribution in [0.25, 0.3) is 0 Å². The average Bonchev–Trinajstić information content (AvgIpc) is 2.96. The van der Waals surface area contributed by atoms with E-state index in [0.29, 0.717) is 52.6 Å². The molecule has 224 valence electrons. The van der Waals surface area contributed by atoms with Crippen LogP contribution in [-0.2, 0) is 9.53 Å². The quantitative estimate of drug-likeness (QED) is 0.132. The van der Waals surface area contributed by atoms with Gasteiger partial charge in [0, 0.05) is 27.6 Å². The van der Waals surface area contributed by atoms with Crippen LogP contribution in [0.4, 0.5) is 13.2 Å². The Labute approximate surface area is 257 Å². The first-order valence-electron chi connectivity index (χ1n) is 14.9. The number of ether oxygens (including phenoxy) is 1. The molecule has 7 rings (SSSR count). The van der Waals surface area contributed by atoms with Gasteiger partial charge in [-0.25, -0.2) is 4.79 Å². The second kappa shape index (κ2) is 12.0. The number of carbonyl (C=O) groups is 2. The molecule has 43 heavy (non-hydrogen) atoms.